The van der Waals surface area contributed by atoms with Crippen LogP contribution in [-0.4, -0.2) is 12.5 Å². The van der Waals surface area contributed by atoms with Gasteiger partial charge in [0.15, 0.2) is 0 Å². The number of carbonyl (C=O) groups is 1. The number of anilines is 1. The lowest BCUT2D eigenvalue weighted by Crippen LogP contribution is -2.27. The summed E-state index contributed by atoms with van der Waals surface area (Å²) in [6.07, 6.45) is 7.86. The molecule has 0 radical (unpaired) electrons. The maximum atomic E-state index is 13.9. The number of hydrogen-bond acceptors (Lipinski definition) is 3. The van der Waals surface area contributed by atoms with E-state index in [9.17, 15) is 14.3 Å². The molecule has 0 heterocycles. The number of aryl methyl sites for hydroxylation is 1. The summed E-state index contributed by atoms with van der Waals surface area (Å²) in [4.78, 5) is 13.4. The molecular weight excluding hydrogens is 449 g/mol. The smallest absolute Gasteiger partial charge is 0.132 e. The highest BCUT2D eigenvalue weighted by atomic mass is 19.1. The van der Waals surface area contributed by atoms with E-state index in [1.54, 1.807) is 6.07 Å². The first-order valence-electron chi connectivity index (χ1n) is 13.0. The van der Waals surface area contributed by atoms with Gasteiger partial charge in [-0.1, -0.05) is 75.6 Å². The Morgan fingerprint density at radius 3 is 2.00 bits per heavy atom. The van der Waals surface area contributed by atoms with Crippen molar-refractivity contribution in [3.8, 4) is 11.8 Å². The molecule has 4 heteroatoms. The van der Waals surface area contributed by atoms with E-state index >= 15 is 0 Å². The summed E-state index contributed by atoms with van der Waals surface area (Å²) >= 11 is 0. The number of hydrogen-bond donors (Lipinski definition) is 0. The van der Waals surface area contributed by atoms with Crippen molar-refractivity contribution in [2.45, 2.75) is 65.3 Å². The monoisotopic (exact) mass is 484 g/mol. The van der Waals surface area contributed by atoms with Crippen LogP contribution in [0, 0.1) is 17.7 Å². The summed E-state index contributed by atoms with van der Waals surface area (Å²) in [6, 6.07) is 20.8. The van der Waals surface area contributed by atoms with Crippen LogP contribution in [0.4, 0.5) is 10.1 Å². The molecule has 0 aliphatic carbocycles. The molecule has 0 amide bonds. The molecule has 0 unspecified atom stereocenters. The Labute approximate surface area is 215 Å². The summed E-state index contributed by atoms with van der Waals surface area (Å²) in [7, 11) is 0. The number of carboxylic acid groups (broad SMARTS) is 1. The zero-order chi connectivity index (χ0) is 25.8. The number of rotatable bonds is 12. The van der Waals surface area contributed by atoms with Gasteiger partial charge in [-0.2, -0.15) is 0 Å². The summed E-state index contributed by atoms with van der Waals surface area (Å²) in [6.45, 7) is 5.72. The molecule has 0 aromatic heterocycles. The van der Waals surface area contributed by atoms with Gasteiger partial charge in [0.25, 0.3) is 0 Å². The summed E-state index contributed by atoms with van der Waals surface area (Å²) in [5, 5.41) is 11.3. The first kappa shape index (κ1) is 27.0. The molecule has 36 heavy (non-hydrogen) atoms. The van der Waals surface area contributed by atoms with Crippen molar-refractivity contribution >= 4 is 11.7 Å². The zero-order valence-corrected chi connectivity index (χ0v) is 21.4. The van der Waals surface area contributed by atoms with Crippen molar-refractivity contribution in [3.05, 3.63) is 100 Å². The lowest BCUT2D eigenvalue weighted by Gasteiger charge is -2.26. The molecule has 3 nitrogen and oxygen atoms in total. The van der Waals surface area contributed by atoms with E-state index in [2.05, 4.69) is 54.9 Å². The van der Waals surface area contributed by atoms with Crippen molar-refractivity contribution in [1.82, 2.24) is 0 Å². The molecule has 0 atom stereocenters. The highest BCUT2D eigenvalue weighted by molar-refractivity contribution is 5.87. The van der Waals surface area contributed by atoms with E-state index in [1.807, 2.05) is 24.3 Å². The van der Waals surface area contributed by atoms with Gasteiger partial charge >= 0.3 is 0 Å². The first-order chi connectivity index (χ1) is 17.5. The Balaban J connectivity index is 1.71. The summed E-state index contributed by atoms with van der Waals surface area (Å²) in [5.41, 5.74) is 4.63. The van der Waals surface area contributed by atoms with E-state index in [4.69, 9.17) is 0 Å². The SMILES string of the molecule is CCCCCCN(Cc1ccc(C#Cc2ccc(CCCC)cc2)cc1)c1ccc(F)c(C(=O)[O-])c1. The predicted octanol–water partition coefficient (Wildman–Crippen LogP) is 6.52. The Kier molecular flexibility index (Phi) is 10.6. The van der Waals surface area contributed by atoms with Crippen molar-refractivity contribution in [1.29, 1.82) is 0 Å². The topological polar surface area (TPSA) is 43.4 Å². The number of carbonyl (C=O) groups excluding carboxylic acids is 1. The van der Waals surface area contributed by atoms with Crippen LogP contribution in [0.3, 0.4) is 0 Å². The van der Waals surface area contributed by atoms with Gasteiger partial charge in [0.1, 0.15) is 5.82 Å². The van der Waals surface area contributed by atoms with Crippen molar-refractivity contribution in [3.63, 3.8) is 0 Å². The third kappa shape index (κ3) is 8.27. The fourth-order valence-corrected chi connectivity index (χ4v) is 4.09. The van der Waals surface area contributed by atoms with E-state index in [-0.39, 0.29) is 0 Å². The van der Waals surface area contributed by atoms with Gasteiger partial charge in [-0.25, -0.2) is 4.39 Å². The van der Waals surface area contributed by atoms with E-state index in [1.165, 1.54) is 30.5 Å². The van der Waals surface area contributed by atoms with Gasteiger partial charge in [-0.05, 0) is 72.9 Å². The minimum absolute atomic E-state index is 0.407. The van der Waals surface area contributed by atoms with Crippen LogP contribution >= 0.6 is 0 Å². The average Bonchev–Trinajstić information content (AvgIpc) is 2.89. The molecule has 0 saturated carbocycles. The molecule has 0 N–H and O–H groups in total. The maximum absolute atomic E-state index is 13.9. The van der Waals surface area contributed by atoms with E-state index in [0.717, 1.165) is 55.3 Å². The highest BCUT2D eigenvalue weighted by Crippen LogP contribution is 2.22. The quantitative estimate of drug-likeness (QED) is 0.217. The second kappa shape index (κ2) is 14.1. The van der Waals surface area contributed by atoms with Gasteiger partial charge in [-0.3, -0.25) is 0 Å². The lowest BCUT2D eigenvalue weighted by atomic mass is 10.1. The standard InChI is InChI=1S/C32H36FNO2/c1-3-5-7-8-22-34(29-20-21-31(33)30(23-29)32(35)36)24-28-18-16-27(17-19-28)15-14-26-12-10-25(11-13-26)9-6-4-2/h10-13,16-21,23H,3-9,22,24H2,1-2H3,(H,35,36)/p-1. The van der Waals surface area contributed by atoms with Crippen LogP contribution in [-0.2, 0) is 13.0 Å². The molecule has 3 rings (SSSR count). The number of halogens is 1. The second-order valence-corrected chi connectivity index (χ2v) is 9.18. The fourth-order valence-electron chi connectivity index (χ4n) is 4.09. The minimum Gasteiger partial charge on any atom is -0.545 e. The average molecular weight is 485 g/mol. The Hall–Kier alpha value is -3.58. The Morgan fingerprint density at radius 1 is 0.806 bits per heavy atom. The second-order valence-electron chi connectivity index (χ2n) is 9.18. The first-order valence-corrected chi connectivity index (χ1v) is 13.0. The lowest BCUT2D eigenvalue weighted by molar-refractivity contribution is -0.255. The largest absolute Gasteiger partial charge is 0.545 e. The van der Waals surface area contributed by atoms with Crippen molar-refractivity contribution in [2.24, 2.45) is 0 Å². The van der Waals surface area contributed by atoms with E-state index < -0.39 is 17.3 Å². The number of nitrogens with zero attached hydrogens (tertiary/aromatic N) is 1. The van der Waals surface area contributed by atoms with E-state index in [0.29, 0.717) is 12.2 Å². The zero-order valence-electron chi connectivity index (χ0n) is 21.4. The number of unbranched alkanes of at least 4 members (excludes halogenated alkanes) is 4. The Bertz CT molecular complexity index is 1170. The van der Waals surface area contributed by atoms with Crippen LogP contribution in [0.1, 0.15) is 85.0 Å². The molecule has 0 fully saturated rings. The van der Waals surface area contributed by atoms with Gasteiger partial charge in [0, 0.05) is 35.5 Å². The third-order valence-corrected chi connectivity index (χ3v) is 6.27. The minimum atomic E-state index is -1.50. The van der Waals surface area contributed by atoms with Crippen LogP contribution in [0.5, 0.6) is 0 Å². The third-order valence-electron chi connectivity index (χ3n) is 6.27. The van der Waals surface area contributed by atoms with Gasteiger partial charge in [0.2, 0.25) is 0 Å². The van der Waals surface area contributed by atoms with Crippen molar-refractivity contribution < 1.29 is 14.3 Å². The molecule has 0 spiro atoms. The highest BCUT2D eigenvalue weighted by Gasteiger charge is 2.12. The summed E-state index contributed by atoms with van der Waals surface area (Å²) in [5.74, 6) is 4.19. The maximum Gasteiger partial charge on any atom is 0.132 e. The van der Waals surface area contributed by atoms with Crippen LogP contribution in [0.2, 0.25) is 0 Å². The fraction of sp³-hybridized carbons (Fsp3) is 0.344. The molecule has 3 aromatic carbocycles. The number of benzene rings is 3. The summed E-state index contributed by atoms with van der Waals surface area (Å²) < 4.78 is 13.9. The normalized spacial score (nSPS) is 10.5. The Morgan fingerprint density at radius 2 is 1.42 bits per heavy atom. The van der Waals surface area contributed by atoms with Crippen LogP contribution < -0.4 is 10.0 Å². The number of aromatic carboxylic acids is 1. The molecule has 0 aliphatic rings. The molecule has 3 aromatic rings. The molecule has 0 saturated heterocycles. The van der Waals surface area contributed by atoms with Gasteiger partial charge in [-0.15, -0.1) is 0 Å². The predicted molar refractivity (Wildman–Crippen MR) is 143 cm³/mol. The van der Waals surface area contributed by atoms with Gasteiger partial charge < -0.3 is 14.8 Å². The van der Waals surface area contributed by atoms with Crippen molar-refractivity contribution in [2.75, 3.05) is 11.4 Å². The molecule has 188 valence electrons. The molecular formula is C32H35FNO2-. The van der Waals surface area contributed by atoms with Gasteiger partial charge in [0.05, 0.1) is 5.97 Å². The van der Waals surface area contributed by atoms with Crippen LogP contribution in [0.25, 0.3) is 0 Å². The molecule has 0 aliphatic heterocycles. The van der Waals surface area contributed by atoms with Crippen LogP contribution in [0.15, 0.2) is 66.7 Å². The number of carboxylic acids is 1. The molecule has 0 bridgehead atoms.